The van der Waals surface area contributed by atoms with Crippen molar-refractivity contribution in [2.45, 2.75) is 20.4 Å². The highest BCUT2D eigenvalue weighted by molar-refractivity contribution is 6.30. The average Bonchev–Trinajstić information content (AvgIpc) is 2.42. The average molecular weight is 294 g/mol. The van der Waals surface area contributed by atoms with Crippen molar-refractivity contribution in [2.75, 3.05) is 6.54 Å². The molecule has 0 unspecified atom stereocenters. The van der Waals surface area contributed by atoms with Gasteiger partial charge in [-0.3, -0.25) is 0 Å². The van der Waals surface area contributed by atoms with E-state index in [1.807, 2.05) is 19.9 Å². The van der Waals surface area contributed by atoms with Crippen molar-refractivity contribution >= 4 is 11.6 Å². The minimum Gasteiger partial charge on any atom is -0.454 e. The van der Waals surface area contributed by atoms with E-state index < -0.39 is 0 Å². The molecule has 0 heterocycles. The molecule has 0 atom stereocenters. The van der Waals surface area contributed by atoms with E-state index in [1.54, 1.807) is 24.3 Å². The Morgan fingerprint density at radius 3 is 2.75 bits per heavy atom. The number of benzene rings is 2. The third-order valence-electron chi connectivity index (χ3n) is 2.96. The fourth-order valence-corrected chi connectivity index (χ4v) is 2.13. The number of aryl methyl sites for hydroxylation is 1. The SMILES string of the molecule is CCNCc1cccc(F)c1Oc1ccc(Cl)cc1C. The van der Waals surface area contributed by atoms with Crippen molar-refractivity contribution in [3.63, 3.8) is 0 Å². The Bertz CT molecular complexity index is 601. The molecule has 0 radical (unpaired) electrons. The smallest absolute Gasteiger partial charge is 0.167 e. The molecule has 0 saturated heterocycles. The lowest BCUT2D eigenvalue weighted by molar-refractivity contribution is 0.431. The van der Waals surface area contributed by atoms with Gasteiger partial charge in [0.05, 0.1) is 0 Å². The largest absolute Gasteiger partial charge is 0.454 e. The first-order valence-corrected chi connectivity index (χ1v) is 6.91. The van der Waals surface area contributed by atoms with Crippen LogP contribution in [0.3, 0.4) is 0 Å². The summed E-state index contributed by atoms with van der Waals surface area (Å²) in [7, 11) is 0. The summed E-state index contributed by atoms with van der Waals surface area (Å²) in [6.07, 6.45) is 0. The minimum absolute atomic E-state index is 0.263. The van der Waals surface area contributed by atoms with Gasteiger partial charge in [0.25, 0.3) is 0 Å². The third kappa shape index (κ3) is 3.50. The Morgan fingerprint density at radius 2 is 2.05 bits per heavy atom. The molecule has 0 aliphatic carbocycles. The van der Waals surface area contributed by atoms with Crippen molar-refractivity contribution in [3.8, 4) is 11.5 Å². The first-order chi connectivity index (χ1) is 9.61. The molecule has 4 heteroatoms. The molecule has 2 aromatic rings. The number of hydrogen-bond donors (Lipinski definition) is 1. The van der Waals surface area contributed by atoms with E-state index in [0.29, 0.717) is 17.3 Å². The molecule has 0 amide bonds. The van der Waals surface area contributed by atoms with Gasteiger partial charge in [0.2, 0.25) is 0 Å². The summed E-state index contributed by atoms with van der Waals surface area (Å²) in [6, 6.07) is 10.2. The fraction of sp³-hybridized carbons (Fsp3) is 0.250. The van der Waals surface area contributed by atoms with Crippen LogP contribution in [0.25, 0.3) is 0 Å². The van der Waals surface area contributed by atoms with Crippen LogP contribution in [0.4, 0.5) is 4.39 Å². The zero-order valence-corrected chi connectivity index (χ0v) is 12.3. The van der Waals surface area contributed by atoms with E-state index in [1.165, 1.54) is 6.07 Å². The molecule has 1 N–H and O–H groups in total. The van der Waals surface area contributed by atoms with Crippen LogP contribution in [0.1, 0.15) is 18.1 Å². The molecule has 2 aromatic carbocycles. The molecular formula is C16H17ClFNO. The van der Waals surface area contributed by atoms with Gasteiger partial charge in [0.15, 0.2) is 11.6 Å². The number of para-hydroxylation sites is 1. The maximum absolute atomic E-state index is 14.0. The first-order valence-electron chi connectivity index (χ1n) is 6.54. The molecule has 0 fully saturated rings. The lowest BCUT2D eigenvalue weighted by Gasteiger charge is -2.14. The molecule has 0 aliphatic rings. The van der Waals surface area contributed by atoms with Gasteiger partial charge >= 0.3 is 0 Å². The van der Waals surface area contributed by atoms with Crippen LogP contribution in [0.5, 0.6) is 11.5 Å². The highest BCUT2D eigenvalue weighted by atomic mass is 35.5. The predicted octanol–water partition coefficient (Wildman–Crippen LogP) is 4.69. The van der Waals surface area contributed by atoms with Gasteiger partial charge in [0, 0.05) is 17.1 Å². The second-order valence-electron chi connectivity index (χ2n) is 4.52. The summed E-state index contributed by atoms with van der Waals surface area (Å²) in [5.74, 6) is 0.505. The van der Waals surface area contributed by atoms with E-state index in [9.17, 15) is 4.39 Å². The van der Waals surface area contributed by atoms with Crippen molar-refractivity contribution < 1.29 is 9.13 Å². The van der Waals surface area contributed by atoms with Gasteiger partial charge in [-0.2, -0.15) is 0 Å². The van der Waals surface area contributed by atoms with Crippen LogP contribution in [0.15, 0.2) is 36.4 Å². The van der Waals surface area contributed by atoms with Gasteiger partial charge in [-0.25, -0.2) is 4.39 Å². The van der Waals surface area contributed by atoms with E-state index in [0.717, 1.165) is 17.7 Å². The van der Waals surface area contributed by atoms with E-state index >= 15 is 0 Å². The molecule has 0 saturated carbocycles. The van der Waals surface area contributed by atoms with Crippen LogP contribution < -0.4 is 10.1 Å². The highest BCUT2D eigenvalue weighted by Crippen LogP contribution is 2.31. The van der Waals surface area contributed by atoms with Gasteiger partial charge in [-0.05, 0) is 43.3 Å². The number of nitrogens with one attached hydrogen (secondary N) is 1. The monoisotopic (exact) mass is 293 g/mol. The lowest BCUT2D eigenvalue weighted by Crippen LogP contribution is -2.12. The maximum atomic E-state index is 14.0. The summed E-state index contributed by atoms with van der Waals surface area (Å²) in [5, 5.41) is 3.81. The second kappa shape index (κ2) is 6.73. The van der Waals surface area contributed by atoms with E-state index in [2.05, 4.69) is 5.32 Å². The molecule has 2 nitrogen and oxygen atoms in total. The van der Waals surface area contributed by atoms with Crippen LogP contribution >= 0.6 is 11.6 Å². The Hall–Kier alpha value is -1.58. The Labute approximate surface area is 123 Å². The highest BCUT2D eigenvalue weighted by Gasteiger charge is 2.12. The fourth-order valence-electron chi connectivity index (χ4n) is 1.90. The summed E-state index contributed by atoms with van der Waals surface area (Å²) in [6.45, 7) is 5.27. The third-order valence-corrected chi connectivity index (χ3v) is 3.20. The molecule has 106 valence electrons. The molecule has 0 aliphatic heterocycles. The quantitative estimate of drug-likeness (QED) is 0.863. The first kappa shape index (κ1) is 14.8. The van der Waals surface area contributed by atoms with Crippen LogP contribution in [-0.4, -0.2) is 6.54 Å². The summed E-state index contributed by atoms with van der Waals surface area (Å²) >= 11 is 5.91. The zero-order chi connectivity index (χ0) is 14.5. The number of rotatable bonds is 5. The summed E-state index contributed by atoms with van der Waals surface area (Å²) < 4.78 is 19.7. The van der Waals surface area contributed by atoms with Gasteiger partial charge in [-0.15, -0.1) is 0 Å². The Kier molecular flexibility index (Phi) is 4.99. The maximum Gasteiger partial charge on any atom is 0.167 e. The molecule has 0 aromatic heterocycles. The molecule has 0 bridgehead atoms. The topological polar surface area (TPSA) is 21.3 Å². The normalized spacial score (nSPS) is 10.6. The van der Waals surface area contributed by atoms with Gasteiger partial charge in [-0.1, -0.05) is 30.7 Å². The van der Waals surface area contributed by atoms with Crippen molar-refractivity contribution in [3.05, 3.63) is 58.4 Å². The minimum atomic E-state index is -0.366. The van der Waals surface area contributed by atoms with Gasteiger partial charge in [0.1, 0.15) is 5.75 Å². The van der Waals surface area contributed by atoms with Gasteiger partial charge < -0.3 is 10.1 Å². The standard InChI is InChI=1S/C16H17ClFNO/c1-3-19-10-12-5-4-6-14(18)16(12)20-15-8-7-13(17)9-11(15)2/h4-9,19H,3,10H2,1-2H3. The number of hydrogen-bond acceptors (Lipinski definition) is 2. The molecule has 20 heavy (non-hydrogen) atoms. The van der Waals surface area contributed by atoms with Crippen LogP contribution in [-0.2, 0) is 6.54 Å². The molecular weight excluding hydrogens is 277 g/mol. The second-order valence-corrected chi connectivity index (χ2v) is 4.96. The van der Waals surface area contributed by atoms with Crippen LogP contribution in [0, 0.1) is 12.7 Å². The summed E-state index contributed by atoms with van der Waals surface area (Å²) in [4.78, 5) is 0. The number of halogens is 2. The number of ether oxygens (including phenoxy) is 1. The van der Waals surface area contributed by atoms with Crippen molar-refractivity contribution in [1.82, 2.24) is 5.32 Å². The van der Waals surface area contributed by atoms with Crippen molar-refractivity contribution in [2.24, 2.45) is 0 Å². The lowest BCUT2D eigenvalue weighted by atomic mass is 10.1. The summed E-state index contributed by atoms with van der Waals surface area (Å²) in [5.41, 5.74) is 1.66. The molecule has 0 spiro atoms. The zero-order valence-electron chi connectivity index (χ0n) is 11.5. The molecule has 2 rings (SSSR count). The van der Waals surface area contributed by atoms with E-state index in [-0.39, 0.29) is 11.6 Å². The van der Waals surface area contributed by atoms with Crippen molar-refractivity contribution in [1.29, 1.82) is 0 Å². The Balaban J connectivity index is 2.32. The van der Waals surface area contributed by atoms with E-state index in [4.69, 9.17) is 16.3 Å². The predicted molar refractivity (Wildman–Crippen MR) is 80.0 cm³/mol. The van der Waals surface area contributed by atoms with Crippen LogP contribution in [0.2, 0.25) is 5.02 Å². The Morgan fingerprint density at radius 1 is 1.25 bits per heavy atom.